The molecule has 0 amide bonds. The summed E-state index contributed by atoms with van der Waals surface area (Å²) >= 11 is 1.57. The maximum Gasteiger partial charge on any atom is 0.416 e. The predicted octanol–water partition coefficient (Wildman–Crippen LogP) is 4.88. The summed E-state index contributed by atoms with van der Waals surface area (Å²) < 4.78 is 40.5. The van der Waals surface area contributed by atoms with Gasteiger partial charge < -0.3 is 0 Å². The molecule has 0 aliphatic heterocycles. The molecular formula is C17H15F3N2S. The first-order valence-corrected chi connectivity index (χ1v) is 8.47. The highest BCUT2D eigenvalue weighted by Crippen LogP contribution is 2.31. The van der Waals surface area contributed by atoms with Gasteiger partial charge in [0.2, 0.25) is 0 Å². The Bertz CT molecular complexity index is 860. The van der Waals surface area contributed by atoms with E-state index in [1.807, 2.05) is 6.20 Å². The minimum atomic E-state index is -4.29. The molecule has 0 radical (unpaired) electrons. The highest BCUT2D eigenvalue weighted by Gasteiger charge is 2.30. The second-order valence-electron chi connectivity index (χ2n) is 5.94. The first-order valence-electron chi connectivity index (χ1n) is 7.65. The normalized spacial score (nSPS) is 15.1. The molecule has 0 bridgehead atoms. The fraction of sp³-hybridized carbons (Fsp3) is 0.353. The van der Waals surface area contributed by atoms with Crippen molar-refractivity contribution < 1.29 is 13.2 Å². The lowest BCUT2D eigenvalue weighted by molar-refractivity contribution is -0.137. The summed E-state index contributed by atoms with van der Waals surface area (Å²) in [4.78, 5) is 6.67. The quantitative estimate of drug-likeness (QED) is 0.652. The summed E-state index contributed by atoms with van der Waals surface area (Å²) in [5.74, 6) is 0. The van der Waals surface area contributed by atoms with E-state index < -0.39 is 11.7 Å². The lowest BCUT2D eigenvalue weighted by Crippen LogP contribution is -2.05. The number of hydrogen-bond acceptors (Lipinski definition) is 2. The van der Waals surface area contributed by atoms with Crippen molar-refractivity contribution in [3.8, 4) is 0 Å². The Labute approximate surface area is 135 Å². The SMILES string of the molecule is FC(F)(F)c1cccc(Cc2cn3c4c(nc3s2)CCCC4)c1. The van der Waals surface area contributed by atoms with E-state index >= 15 is 0 Å². The number of nitrogens with zero attached hydrogens (tertiary/aromatic N) is 2. The molecule has 1 aliphatic carbocycles. The van der Waals surface area contributed by atoms with E-state index in [2.05, 4.69) is 9.38 Å². The highest BCUT2D eigenvalue weighted by molar-refractivity contribution is 7.17. The zero-order valence-corrected chi connectivity index (χ0v) is 13.2. The fourth-order valence-corrected chi connectivity index (χ4v) is 4.22. The minimum absolute atomic E-state index is 0.507. The molecular weight excluding hydrogens is 321 g/mol. The lowest BCUT2D eigenvalue weighted by atomic mass is 10.0. The summed E-state index contributed by atoms with van der Waals surface area (Å²) in [6, 6.07) is 5.56. The maximum absolute atomic E-state index is 12.8. The predicted molar refractivity (Wildman–Crippen MR) is 84.0 cm³/mol. The van der Waals surface area contributed by atoms with Gasteiger partial charge in [-0.05, 0) is 37.3 Å². The molecule has 2 heterocycles. The number of fused-ring (bicyclic) bond motifs is 3. The average Bonchev–Trinajstić information content (AvgIpc) is 3.03. The number of aryl methyl sites for hydroxylation is 2. The van der Waals surface area contributed by atoms with Crippen LogP contribution in [0.1, 0.15) is 40.2 Å². The topological polar surface area (TPSA) is 17.3 Å². The van der Waals surface area contributed by atoms with Crippen molar-refractivity contribution in [1.82, 2.24) is 9.38 Å². The van der Waals surface area contributed by atoms with Crippen LogP contribution in [0.2, 0.25) is 0 Å². The standard InChI is InChI=1S/C17H15F3N2S/c18-17(19,20)12-5-3-4-11(8-12)9-13-10-22-15-7-2-1-6-14(15)21-16(22)23-13/h3-5,8,10H,1-2,6-7,9H2. The van der Waals surface area contributed by atoms with Crippen LogP contribution < -0.4 is 0 Å². The van der Waals surface area contributed by atoms with E-state index in [-0.39, 0.29) is 0 Å². The van der Waals surface area contributed by atoms with Gasteiger partial charge in [-0.1, -0.05) is 18.2 Å². The van der Waals surface area contributed by atoms with E-state index in [0.29, 0.717) is 12.0 Å². The number of imidazole rings is 1. The van der Waals surface area contributed by atoms with Crippen molar-refractivity contribution >= 4 is 16.3 Å². The van der Waals surface area contributed by atoms with Crippen LogP contribution in [-0.4, -0.2) is 9.38 Å². The average molecular weight is 336 g/mol. The van der Waals surface area contributed by atoms with Gasteiger partial charge in [0.1, 0.15) is 0 Å². The van der Waals surface area contributed by atoms with Gasteiger partial charge in [0.05, 0.1) is 11.3 Å². The lowest BCUT2D eigenvalue weighted by Gasteiger charge is -2.09. The molecule has 3 aromatic rings. The smallest absolute Gasteiger partial charge is 0.294 e. The van der Waals surface area contributed by atoms with Crippen LogP contribution >= 0.6 is 11.3 Å². The summed E-state index contributed by atoms with van der Waals surface area (Å²) in [5, 5.41) is 0. The van der Waals surface area contributed by atoms with Gasteiger partial charge in [-0.25, -0.2) is 4.98 Å². The Hall–Kier alpha value is -1.82. The maximum atomic E-state index is 12.8. The number of aromatic nitrogens is 2. The van der Waals surface area contributed by atoms with Crippen molar-refractivity contribution in [2.24, 2.45) is 0 Å². The van der Waals surface area contributed by atoms with E-state index in [1.54, 1.807) is 17.4 Å². The molecule has 6 heteroatoms. The van der Waals surface area contributed by atoms with Gasteiger partial charge >= 0.3 is 6.18 Å². The van der Waals surface area contributed by atoms with E-state index in [1.165, 1.54) is 36.4 Å². The van der Waals surface area contributed by atoms with Crippen molar-refractivity contribution in [3.63, 3.8) is 0 Å². The van der Waals surface area contributed by atoms with Gasteiger partial charge in [0.15, 0.2) is 4.96 Å². The van der Waals surface area contributed by atoms with Crippen LogP contribution in [0.25, 0.3) is 4.96 Å². The number of halogens is 3. The van der Waals surface area contributed by atoms with Gasteiger partial charge in [-0.2, -0.15) is 13.2 Å². The van der Waals surface area contributed by atoms with E-state index in [4.69, 9.17) is 0 Å². The van der Waals surface area contributed by atoms with Crippen LogP contribution in [-0.2, 0) is 25.4 Å². The van der Waals surface area contributed by atoms with Gasteiger partial charge in [-0.3, -0.25) is 4.40 Å². The van der Waals surface area contributed by atoms with Crippen molar-refractivity contribution in [2.45, 2.75) is 38.3 Å². The second kappa shape index (κ2) is 5.37. The summed E-state index contributed by atoms with van der Waals surface area (Å²) in [6.45, 7) is 0. The molecule has 120 valence electrons. The zero-order valence-electron chi connectivity index (χ0n) is 12.4. The van der Waals surface area contributed by atoms with Crippen molar-refractivity contribution in [3.05, 3.63) is 57.9 Å². The molecule has 0 fully saturated rings. The molecule has 1 aliphatic rings. The Kier molecular flexibility index (Phi) is 3.44. The molecule has 0 saturated heterocycles. The first kappa shape index (κ1) is 14.8. The summed E-state index contributed by atoms with van der Waals surface area (Å²) in [7, 11) is 0. The third-order valence-corrected chi connectivity index (χ3v) is 5.25. The summed E-state index contributed by atoms with van der Waals surface area (Å²) in [5.41, 5.74) is 2.55. The fourth-order valence-electron chi connectivity index (χ4n) is 3.17. The molecule has 0 unspecified atom stereocenters. The molecule has 1 aromatic carbocycles. The van der Waals surface area contributed by atoms with Crippen molar-refractivity contribution in [1.29, 1.82) is 0 Å². The number of alkyl halides is 3. The third kappa shape index (κ3) is 2.76. The first-order chi connectivity index (χ1) is 11.0. The van der Waals surface area contributed by atoms with Gasteiger partial charge in [0.25, 0.3) is 0 Å². The number of hydrogen-bond donors (Lipinski definition) is 0. The van der Waals surface area contributed by atoms with Crippen LogP contribution in [0.4, 0.5) is 13.2 Å². The van der Waals surface area contributed by atoms with Crippen LogP contribution in [0.3, 0.4) is 0 Å². The molecule has 0 saturated carbocycles. The molecule has 0 N–H and O–H groups in total. The monoisotopic (exact) mass is 336 g/mol. The largest absolute Gasteiger partial charge is 0.416 e. The van der Waals surface area contributed by atoms with E-state index in [9.17, 15) is 13.2 Å². The van der Waals surface area contributed by atoms with E-state index in [0.717, 1.165) is 28.7 Å². The Morgan fingerprint density at radius 2 is 2.00 bits per heavy atom. The molecule has 0 atom stereocenters. The van der Waals surface area contributed by atoms with Gasteiger partial charge in [-0.15, -0.1) is 11.3 Å². The van der Waals surface area contributed by atoms with Gasteiger partial charge in [0, 0.05) is 23.2 Å². The Morgan fingerprint density at radius 1 is 1.17 bits per heavy atom. The van der Waals surface area contributed by atoms with Crippen LogP contribution in [0.15, 0.2) is 30.5 Å². The molecule has 4 rings (SSSR count). The third-order valence-electron chi connectivity index (χ3n) is 4.27. The Balaban J connectivity index is 1.64. The molecule has 2 aromatic heterocycles. The zero-order chi connectivity index (χ0) is 16.0. The number of thiazole rings is 1. The minimum Gasteiger partial charge on any atom is -0.294 e. The second-order valence-corrected chi connectivity index (χ2v) is 7.03. The number of benzene rings is 1. The summed E-state index contributed by atoms with van der Waals surface area (Å²) in [6.07, 6.45) is 2.70. The number of rotatable bonds is 2. The highest BCUT2D eigenvalue weighted by atomic mass is 32.1. The molecule has 23 heavy (non-hydrogen) atoms. The van der Waals surface area contributed by atoms with Crippen LogP contribution in [0.5, 0.6) is 0 Å². The molecule has 2 nitrogen and oxygen atoms in total. The van der Waals surface area contributed by atoms with Crippen molar-refractivity contribution in [2.75, 3.05) is 0 Å². The molecule has 0 spiro atoms. The van der Waals surface area contributed by atoms with Crippen LogP contribution in [0, 0.1) is 0 Å². The Morgan fingerprint density at radius 3 is 2.83 bits per heavy atom.